The van der Waals surface area contributed by atoms with Crippen LogP contribution in [0.2, 0.25) is 0 Å². The summed E-state index contributed by atoms with van der Waals surface area (Å²) in [7, 11) is 0. The van der Waals surface area contributed by atoms with Crippen molar-refractivity contribution in [3.05, 3.63) is 35.0 Å². The molecule has 1 nitrogen and oxygen atoms in total. The van der Waals surface area contributed by atoms with E-state index in [0.717, 1.165) is 34.2 Å². The van der Waals surface area contributed by atoms with Crippen LogP contribution in [0.15, 0.2) is 24.3 Å². The van der Waals surface area contributed by atoms with E-state index in [0.29, 0.717) is 0 Å². The Morgan fingerprint density at radius 1 is 1.38 bits per heavy atom. The highest BCUT2D eigenvalue weighted by molar-refractivity contribution is 7.19. The van der Waals surface area contributed by atoms with Crippen molar-refractivity contribution in [2.75, 3.05) is 0 Å². The zero-order valence-corrected chi connectivity index (χ0v) is 10.2. The molecule has 0 radical (unpaired) electrons. The van der Waals surface area contributed by atoms with Gasteiger partial charge in [-0.1, -0.05) is 19.8 Å². The molecule has 0 aliphatic rings. The summed E-state index contributed by atoms with van der Waals surface area (Å²) in [4.78, 5) is 1.16. The van der Waals surface area contributed by atoms with Gasteiger partial charge in [-0.2, -0.15) is 0 Å². The minimum Gasteiger partial charge on any atom is -0.323 e. The molecule has 0 bridgehead atoms. The Balaban J connectivity index is 2.25. The van der Waals surface area contributed by atoms with E-state index in [2.05, 4.69) is 6.92 Å². The van der Waals surface area contributed by atoms with Gasteiger partial charge in [0.05, 0.1) is 0 Å². The van der Waals surface area contributed by atoms with Gasteiger partial charge in [-0.15, -0.1) is 11.3 Å². The molecule has 86 valence electrons. The predicted octanol–water partition coefficient (Wildman–Crippen LogP) is 4.23. The van der Waals surface area contributed by atoms with Crippen LogP contribution in [0.1, 0.15) is 37.1 Å². The third-order valence-electron chi connectivity index (χ3n) is 2.73. The predicted molar refractivity (Wildman–Crippen MR) is 68.2 cm³/mol. The number of halogens is 1. The highest BCUT2D eigenvalue weighted by Crippen LogP contribution is 2.31. The Hall–Kier alpha value is -0.930. The largest absolute Gasteiger partial charge is 0.323 e. The molecule has 1 heterocycles. The van der Waals surface area contributed by atoms with Crippen molar-refractivity contribution in [2.24, 2.45) is 5.73 Å². The Labute approximate surface area is 99.1 Å². The number of thiophene rings is 1. The van der Waals surface area contributed by atoms with Gasteiger partial charge in [0.15, 0.2) is 0 Å². The Kier molecular flexibility index (Phi) is 3.56. The Morgan fingerprint density at radius 2 is 2.19 bits per heavy atom. The second kappa shape index (κ2) is 4.93. The second-order valence-corrected chi connectivity index (χ2v) is 5.19. The number of fused-ring (bicyclic) bond motifs is 1. The van der Waals surface area contributed by atoms with E-state index < -0.39 is 0 Å². The van der Waals surface area contributed by atoms with E-state index in [9.17, 15) is 4.39 Å². The summed E-state index contributed by atoms with van der Waals surface area (Å²) in [6.07, 6.45) is 3.31. The summed E-state index contributed by atoms with van der Waals surface area (Å²) in [5.74, 6) is -0.182. The lowest BCUT2D eigenvalue weighted by molar-refractivity contribution is 0.611. The lowest BCUT2D eigenvalue weighted by atomic mass is 10.1. The summed E-state index contributed by atoms with van der Waals surface area (Å²) >= 11 is 1.67. The van der Waals surface area contributed by atoms with E-state index in [1.807, 2.05) is 12.1 Å². The van der Waals surface area contributed by atoms with Crippen molar-refractivity contribution in [3.63, 3.8) is 0 Å². The van der Waals surface area contributed by atoms with Crippen LogP contribution < -0.4 is 5.73 Å². The summed E-state index contributed by atoms with van der Waals surface area (Å²) in [5, 5.41) is 0.965. The first-order valence-corrected chi connectivity index (χ1v) is 6.47. The Morgan fingerprint density at radius 3 is 2.94 bits per heavy atom. The average Bonchev–Trinajstić information content (AvgIpc) is 2.68. The van der Waals surface area contributed by atoms with Crippen LogP contribution in [0.3, 0.4) is 0 Å². The number of nitrogens with two attached hydrogens (primary N) is 1. The lowest BCUT2D eigenvalue weighted by Gasteiger charge is -2.07. The maximum absolute atomic E-state index is 13.0. The molecule has 0 aliphatic heterocycles. The minimum atomic E-state index is -0.182. The molecule has 0 amide bonds. The van der Waals surface area contributed by atoms with E-state index in [1.165, 1.54) is 6.07 Å². The fourth-order valence-electron chi connectivity index (χ4n) is 1.78. The normalized spacial score (nSPS) is 13.2. The molecule has 0 aliphatic carbocycles. The molecule has 0 saturated heterocycles. The molecule has 2 rings (SSSR count). The first-order chi connectivity index (χ1) is 7.70. The van der Waals surface area contributed by atoms with Gasteiger partial charge in [0, 0.05) is 15.6 Å². The van der Waals surface area contributed by atoms with Crippen LogP contribution in [-0.2, 0) is 0 Å². The van der Waals surface area contributed by atoms with Gasteiger partial charge in [0.2, 0.25) is 0 Å². The number of benzene rings is 1. The van der Waals surface area contributed by atoms with Crippen molar-refractivity contribution in [1.29, 1.82) is 0 Å². The molecule has 16 heavy (non-hydrogen) atoms. The smallest absolute Gasteiger partial charge is 0.123 e. The van der Waals surface area contributed by atoms with Gasteiger partial charge >= 0.3 is 0 Å². The molecule has 0 spiro atoms. The highest BCUT2D eigenvalue weighted by Gasteiger charge is 2.09. The summed E-state index contributed by atoms with van der Waals surface area (Å²) in [6.45, 7) is 2.16. The third-order valence-corrected chi connectivity index (χ3v) is 3.98. The first kappa shape index (κ1) is 11.6. The molecule has 0 saturated carbocycles. The standard InChI is InChI=1S/C13H16FNS/c1-2-3-4-11(15)13-8-9-7-10(14)5-6-12(9)16-13/h5-8,11H,2-4,15H2,1H3. The van der Waals surface area contributed by atoms with E-state index in [4.69, 9.17) is 5.73 Å². The summed E-state index contributed by atoms with van der Waals surface area (Å²) < 4.78 is 14.1. The van der Waals surface area contributed by atoms with Gasteiger partial charge in [-0.3, -0.25) is 0 Å². The molecule has 1 aromatic heterocycles. The van der Waals surface area contributed by atoms with Crippen molar-refractivity contribution < 1.29 is 4.39 Å². The number of hydrogen-bond acceptors (Lipinski definition) is 2. The quantitative estimate of drug-likeness (QED) is 0.846. The lowest BCUT2D eigenvalue weighted by Crippen LogP contribution is -2.07. The monoisotopic (exact) mass is 237 g/mol. The van der Waals surface area contributed by atoms with Crippen LogP contribution in [0.5, 0.6) is 0 Å². The topological polar surface area (TPSA) is 26.0 Å². The fraction of sp³-hybridized carbons (Fsp3) is 0.385. The summed E-state index contributed by atoms with van der Waals surface area (Å²) in [5.41, 5.74) is 6.10. The van der Waals surface area contributed by atoms with Crippen LogP contribution in [0.25, 0.3) is 10.1 Å². The molecule has 1 unspecified atom stereocenters. The SMILES string of the molecule is CCCCC(N)c1cc2cc(F)ccc2s1. The molecular formula is C13H16FNS. The van der Waals surface area contributed by atoms with Gasteiger partial charge < -0.3 is 5.73 Å². The molecular weight excluding hydrogens is 221 g/mol. The molecule has 2 aromatic rings. The van der Waals surface area contributed by atoms with Gasteiger partial charge in [0.1, 0.15) is 5.82 Å². The average molecular weight is 237 g/mol. The number of unbranched alkanes of at least 4 members (excludes halogenated alkanes) is 1. The molecule has 0 fully saturated rings. The Bertz CT molecular complexity index is 478. The van der Waals surface area contributed by atoms with Gasteiger partial charge in [0.25, 0.3) is 0 Å². The van der Waals surface area contributed by atoms with Crippen molar-refractivity contribution in [3.8, 4) is 0 Å². The van der Waals surface area contributed by atoms with E-state index in [-0.39, 0.29) is 11.9 Å². The van der Waals surface area contributed by atoms with Crippen LogP contribution in [0.4, 0.5) is 4.39 Å². The van der Waals surface area contributed by atoms with Crippen LogP contribution >= 0.6 is 11.3 Å². The van der Waals surface area contributed by atoms with E-state index in [1.54, 1.807) is 17.4 Å². The van der Waals surface area contributed by atoms with Gasteiger partial charge in [-0.05, 0) is 36.1 Å². The van der Waals surface area contributed by atoms with Crippen molar-refractivity contribution >= 4 is 21.4 Å². The zero-order valence-electron chi connectivity index (χ0n) is 9.37. The van der Waals surface area contributed by atoms with Gasteiger partial charge in [-0.25, -0.2) is 4.39 Å². The first-order valence-electron chi connectivity index (χ1n) is 5.65. The van der Waals surface area contributed by atoms with Crippen molar-refractivity contribution in [1.82, 2.24) is 0 Å². The second-order valence-electron chi connectivity index (χ2n) is 4.08. The van der Waals surface area contributed by atoms with Crippen LogP contribution in [0, 0.1) is 5.82 Å². The van der Waals surface area contributed by atoms with Crippen LogP contribution in [-0.4, -0.2) is 0 Å². The molecule has 1 atom stereocenters. The zero-order chi connectivity index (χ0) is 11.5. The van der Waals surface area contributed by atoms with E-state index >= 15 is 0 Å². The molecule has 3 heteroatoms. The van der Waals surface area contributed by atoms with Crippen molar-refractivity contribution in [2.45, 2.75) is 32.2 Å². The third kappa shape index (κ3) is 2.42. The minimum absolute atomic E-state index is 0.0976. The summed E-state index contributed by atoms with van der Waals surface area (Å²) in [6, 6.07) is 7.01. The fourth-order valence-corrected chi connectivity index (χ4v) is 2.86. The highest BCUT2D eigenvalue weighted by atomic mass is 32.1. The maximum atomic E-state index is 13.0. The molecule has 1 aromatic carbocycles. The number of rotatable bonds is 4. The number of hydrogen-bond donors (Lipinski definition) is 1. The maximum Gasteiger partial charge on any atom is 0.123 e. The molecule has 2 N–H and O–H groups in total.